The highest BCUT2D eigenvalue weighted by molar-refractivity contribution is 6.32. The molecule has 1 saturated heterocycles. The largest absolute Gasteiger partial charge is 0.490 e. The molecule has 5 rings (SSSR count). The van der Waals surface area contributed by atoms with Crippen LogP contribution in [0.25, 0.3) is 0 Å². The second-order valence-corrected chi connectivity index (χ2v) is 11.9. The van der Waals surface area contributed by atoms with Crippen molar-refractivity contribution < 1.29 is 27.8 Å². The summed E-state index contributed by atoms with van der Waals surface area (Å²) in [5, 5.41) is 5.71. The Bertz CT molecular complexity index is 1750. The Morgan fingerprint density at radius 1 is 0.939 bits per heavy atom. The molecule has 49 heavy (non-hydrogen) atoms. The average Bonchev–Trinajstić information content (AvgIpc) is 3.10. The first-order valence-corrected chi connectivity index (χ1v) is 16.7. The minimum atomic E-state index is -0.634. The molecular weight excluding hydrogens is 654 g/mol. The number of hydrogen-bond donors (Lipinski definition) is 2. The zero-order valence-electron chi connectivity index (χ0n) is 27.5. The topological polar surface area (TPSA) is 109 Å². The molecule has 1 fully saturated rings. The van der Waals surface area contributed by atoms with Gasteiger partial charge in [0, 0.05) is 48.8 Å². The Labute approximate surface area is 289 Å². The maximum Gasteiger partial charge on any atom is 0.262 e. The van der Waals surface area contributed by atoms with Crippen molar-refractivity contribution in [1.29, 1.82) is 0 Å². The van der Waals surface area contributed by atoms with Gasteiger partial charge in [-0.15, -0.1) is 0 Å². The number of ether oxygens (including phenoxy) is 2. The number of carbonyl (C=O) groups excluding carboxylic acids is 2. The number of halogens is 3. The van der Waals surface area contributed by atoms with Crippen LogP contribution >= 0.6 is 11.6 Å². The van der Waals surface area contributed by atoms with Crippen molar-refractivity contribution in [2.45, 2.75) is 39.5 Å². The molecule has 2 heterocycles. The molecule has 13 heteroatoms. The highest BCUT2D eigenvalue weighted by Crippen LogP contribution is 2.33. The van der Waals surface area contributed by atoms with Gasteiger partial charge < -0.3 is 29.9 Å². The molecule has 2 amide bonds. The van der Waals surface area contributed by atoms with Crippen LogP contribution in [-0.4, -0.2) is 70.9 Å². The summed E-state index contributed by atoms with van der Waals surface area (Å²) in [5.41, 5.74) is 0.983. The second kappa shape index (κ2) is 17.0. The lowest BCUT2D eigenvalue weighted by Crippen LogP contribution is -2.31. The Hall–Kier alpha value is -4.81. The lowest BCUT2D eigenvalue weighted by molar-refractivity contribution is 0.0772. The fourth-order valence-corrected chi connectivity index (χ4v) is 5.60. The summed E-state index contributed by atoms with van der Waals surface area (Å²) in [4.78, 5) is 38.8. The number of nitrogens with one attached hydrogen (secondary N) is 2. The molecule has 0 unspecified atom stereocenters. The molecule has 0 atom stereocenters. The van der Waals surface area contributed by atoms with Crippen LogP contribution in [0.1, 0.15) is 60.2 Å². The number of benzene rings is 3. The molecule has 0 radical (unpaired) electrons. The van der Waals surface area contributed by atoms with Crippen molar-refractivity contribution in [1.82, 2.24) is 19.8 Å². The molecule has 2 N–H and O–H groups in total. The highest BCUT2D eigenvalue weighted by atomic mass is 35.5. The first-order chi connectivity index (χ1) is 23.7. The minimum Gasteiger partial charge on any atom is -0.490 e. The highest BCUT2D eigenvalue weighted by Gasteiger charge is 2.21. The predicted octanol–water partition coefficient (Wildman–Crippen LogP) is 7.93. The second-order valence-electron chi connectivity index (χ2n) is 11.5. The van der Waals surface area contributed by atoms with Gasteiger partial charge in [-0.1, -0.05) is 18.0 Å². The van der Waals surface area contributed by atoms with Gasteiger partial charge in [0.25, 0.3) is 11.8 Å². The van der Waals surface area contributed by atoms with Gasteiger partial charge in [-0.05, 0) is 101 Å². The number of anilines is 3. The Balaban J connectivity index is 1.33. The summed E-state index contributed by atoms with van der Waals surface area (Å²) < 4.78 is 40.1. The van der Waals surface area contributed by atoms with Crippen LogP contribution in [0.3, 0.4) is 0 Å². The summed E-state index contributed by atoms with van der Waals surface area (Å²) in [6, 6.07) is 14.2. The normalized spacial score (nSPS) is 13.1. The van der Waals surface area contributed by atoms with Gasteiger partial charge in [0.05, 0.1) is 11.6 Å². The third-order valence-electron chi connectivity index (χ3n) is 8.05. The van der Waals surface area contributed by atoms with E-state index in [1.54, 1.807) is 17.0 Å². The molecule has 0 saturated carbocycles. The van der Waals surface area contributed by atoms with Crippen LogP contribution in [0.4, 0.5) is 26.1 Å². The Kier molecular flexibility index (Phi) is 12.3. The summed E-state index contributed by atoms with van der Waals surface area (Å²) in [6.07, 6.45) is 5.75. The molecule has 0 spiro atoms. The molecular formula is C36H39ClF2N6O4. The van der Waals surface area contributed by atoms with Crippen molar-refractivity contribution in [2.75, 3.05) is 50.0 Å². The van der Waals surface area contributed by atoms with Crippen LogP contribution < -0.4 is 20.1 Å². The van der Waals surface area contributed by atoms with E-state index >= 15 is 0 Å². The van der Waals surface area contributed by atoms with E-state index in [0.717, 1.165) is 26.1 Å². The van der Waals surface area contributed by atoms with E-state index in [-0.39, 0.29) is 39.8 Å². The first-order valence-electron chi connectivity index (χ1n) is 16.4. The van der Waals surface area contributed by atoms with Gasteiger partial charge >= 0.3 is 0 Å². The molecule has 3 aromatic carbocycles. The van der Waals surface area contributed by atoms with Crippen LogP contribution in [-0.2, 0) is 0 Å². The smallest absolute Gasteiger partial charge is 0.262 e. The van der Waals surface area contributed by atoms with Crippen molar-refractivity contribution in [3.05, 3.63) is 94.6 Å². The van der Waals surface area contributed by atoms with Gasteiger partial charge in [-0.3, -0.25) is 9.59 Å². The molecule has 1 aliphatic rings. The standard InChI is InChI=1S/C36H39ClF2N6O4/c1-3-45(4-2)35(47)24-9-15-31(29(37)21-24)49-34-28(33(46)41-26-12-10-25(38)11-13-26)23-40-36(43-34)42-27-14-16-32(30(39)22-27)48-20-8-19-44-17-6-5-7-18-44/h9-16,21-23H,3-8,17-20H2,1-2H3,(H,41,46)(H,40,42,43). The number of hydrogen-bond acceptors (Lipinski definition) is 8. The third-order valence-corrected chi connectivity index (χ3v) is 8.34. The maximum atomic E-state index is 15.0. The molecule has 10 nitrogen and oxygen atoms in total. The summed E-state index contributed by atoms with van der Waals surface area (Å²) in [5.74, 6) is -1.73. The lowest BCUT2D eigenvalue weighted by Gasteiger charge is -2.26. The number of carbonyl (C=O) groups is 2. The quantitative estimate of drug-likeness (QED) is 0.128. The molecule has 0 bridgehead atoms. The van der Waals surface area contributed by atoms with E-state index in [9.17, 15) is 18.4 Å². The fourth-order valence-electron chi connectivity index (χ4n) is 5.38. The number of likely N-dealkylation sites (tertiary alicyclic amines) is 1. The van der Waals surface area contributed by atoms with Crippen LogP contribution in [0, 0.1) is 11.6 Å². The zero-order valence-corrected chi connectivity index (χ0v) is 28.2. The van der Waals surface area contributed by atoms with Crippen molar-refractivity contribution in [3.63, 3.8) is 0 Å². The fraction of sp³-hybridized carbons (Fsp3) is 0.333. The van der Waals surface area contributed by atoms with E-state index in [1.807, 2.05) is 13.8 Å². The zero-order chi connectivity index (χ0) is 34.8. The molecule has 0 aliphatic carbocycles. The molecule has 4 aromatic rings. The van der Waals surface area contributed by atoms with E-state index in [1.165, 1.54) is 74.0 Å². The number of piperidine rings is 1. The molecule has 1 aromatic heterocycles. The predicted molar refractivity (Wildman–Crippen MR) is 185 cm³/mol. The Morgan fingerprint density at radius 3 is 2.35 bits per heavy atom. The molecule has 258 valence electrons. The van der Waals surface area contributed by atoms with Crippen molar-refractivity contribution in [2.24, 2.45) is 0 Å². The summed E-state index contributed by atoms with van der Waals surface area (Å²) in [6.45, 7) is 8.35. The first kappa shape index (κ1) is 35.5. The summed E-state index contributed by atoms with van der Waals surface area (Å²) in [7, 11) is 0. The lowest BCUT2D eigenvalue weighted by atomic mass is 10.1. The van der Waals surface area contributed by atoms with Gasteiger partial charge in [-0.25, -0.2) is 13.8 Å². The third kappa shape index (κ3) is 9.64. The number of amides is 2. The maximum absolute atomic E-state index is 15.0. The Morgan fingerprint density at radius 2 is 1.65 bits per heavy atom. The minimum absolute atomic E-state index is 0.00684. The van der Waals surface area contributed by atoms with Gasteiger partial charge in [0.2, 0.25) is 11.8 Å². The van der Waals surface area contributed by atoms with Gasteiger partial charge in [-0.2, -0.15) is 4.98 Å². The number of rotatable bonds is 14. The van der Waals surface area contributed by atoms with E-state index < -0.39 is 17.5 Å². The summed E-state index contributed by atoms with van der Waals surface area (Å²) >= 11 is 6.53. The SMILES string of the molecule is CCN(CC)C(=O)c1ccc(Oc2nc(Nc3ccc(OCCCN4CCCCC4)c(F)c3)ncc2C(=O)Nc2ccc(F)cc2)c(Cl)c1. The molecule has 1 aliphatic heterocycles. The van der Waals surface area contributed by atoms with Crippen molar-refractivity contribution in [3.8, 4) is 17.4 Å². The van der Waals surface area contributed by atoms with Gasteiger partial charge in [0.1, 0.15) is 17.1 Å². The number of nitrogens with zero attached hydrogens (tertiary/aromatic N) is 4. The van der Waals surface area contributed by atoms with Crippen molar-refractivity contribution >= 4 is 40.7 Å². The van der Waals surface area contributed by atoms with Crippen LogP contribution in [0.5, 0.6) is 17.4 Å². The van der Waals surface area contributed by atoms with E-state index in [2.05, 4.69) is 25.5 Å². The van der Waals surface area contributed by atoms with Crippen LogP contribution in [0.15, 0.2) is 66.9 Å². The van der Waals surface area contributed by atoms with Gasteiger partial charge in [0.15, 0.2) is 11.6 Å². The average molecular weight is 693 g/mol. The van der Waals surface area contributed by atoms with E-state index in [0.29, 0.717) is 36.6 Å². The monoisotopic (exact) mass is 692 g/mol. The number of aromatic nitrogens is 2. The van der Waals surface area contributed by atoms with E-state index in [4.69, 9.17) is 21.1 Å². The van der Waals surface area contributed by atoms with Crippen LogP contribution in [0.2, 0.25) is 5.02 Å².